The first-order valence-corrected chi connectivity index (χ1v) is 12.3. The number of hydrogen-bond donors (Lipinski definition) is 2. The Balaban J connectivity index is 1.56. The van der Waals surface area contributed by atoms with Gasteiger partial charge in [0.25, 0.3) is 0 Å². The van der Waals surface area contributed by atoms with E-state index in [0.717, 1.165) is 17.3 Å². The van der Waals surface area contributed by atoms with Crippen molar-refractivity contribution in [3.05, 3.63) is 91.8 Å². The molecule has 4 aromatic rings. The average Bonchev–Trinajstić information content (AvgIpc) is 3.33. The van der Waals surface area contributed by atoms with Crippen LogP contribution in [0.15, 0.2) is 70.7 Å². The Morgan fingerprint density at radius 2 is 1.86 bits per heavy atom. The van der Waals surface area contributed by atoms with Gasteiger partial charge in [0.15, 0.2) is 5.82 Å². The van der Waals surface area contributed by atoms with Crippen molar-refractivity contribution < 1.29 is 19.4 Å². The summed E-state index contributed by atoms with van der Waals surface area (Å²) in [5.74, 6) is 0.314. The number of aliphatic carboxylic acids is 1. The predicted octanol–water partition coefficient (Wildman–Crippen LogP) is 7.24. The van der Waals surface area contributed by atoms with Crippen molar-refractivity contribution in [2.75, 3.05) is 7.11 Å². The van der Waals surface area contributed by atoms with Crippen LogP contribution >= 0.6 is 46.6 Å². The number of methoxy groups -OCH3 is 1. The number of carboxylic acids is 1. The summed E-state index contributed by atoms with van der Waals surface area (Å²) in [5, 5.41) is 18.4. The van der Waals surface area contributed by atoms with Crippen LogP contribution in [0.4, 0.5) is 0 Å². The number of aromatic amines is 1. The number of ether oxygens (including phenoxy) is 2. The topological polar surface area (TPSA) is 97.3 Å². The predicted molar refractivity (Wildman–Crippen MR) is 142 cm³/mol. The standard InChI is InChI=1S/C25H18Cl3N3O4S/c1-34-21-9-7-16(26)12-17(21)23-29-25(31-30-23)36-22(24(32)33)11-15-4-2-3-5-20(15)35-13-14-6-8-18(27)19(28)10-14/h2-12H,13H2,1H3,(H,32,33)(H,29,30,31)/b22-11-. The summed E-state index contributed by atoms with van der Waals surface area (Å²) in [7, 11) is 1.53. The number of rotatable bonds is 9. The highest BCUT2D eigenvalue weighted by Gasteiger charge is 2.17. The number of nitrogens with one attached hydrogen (secondary N) is 1. The molecule has 1 heterocycles. The van der Waals surface area contributed by atoms with Gasteiger partial charge in [0.2, 0.25) is 5.16 Å². The van der Waals surface area contributed by atoms with Crippen LogP contribution in [0.25, 0.3) is 17.5 Å². The highest BCUT2D eigenvalue weighted by molar-refractivity contribution is 8.04. The molecule has 0 saturated heterocycles. The second-order valence-corrected chi connectivity index (χ2v) is 9.56. The van der Waals surface area contributed by atoms with Crippen LogP contribution in [0.2, 0.25) is 15.1 Å². The van der Waals surface area contributed by atoms with Crippen molar-refractivity contribution in [1.82, 2.24) is 15.2 Å². The van der Waals surface area contributed by atoms with Gasteiger partial charge in [-0.2, -0.15) is 0 Å². The van der Waals surface area contributed by atoms with Crippen LogP contribution in [0.1, 0.15) is 11.1 Å². The van der Waals surface area contributed by atoms with E-state index >= 15 is 0 Å². The molecule has 0 fully saturated rings. The Hall–Kier alpha value is -3.17. The normalized spacial score (nSPS) is 11.4. The first kappa shape index (κ1) is 25.9. The molecule has 0 bridgehead atoms. The Kier molecular flexibility index (Phi) is 8.43. The Morgan fingerprint density at radius 1 is 1.06 bits per heavy atom. The Bertz CT molecular complexity index is 1440. The van der Waals surface area contributed by atoms with Crippen molar-refractivity contribution in [2.45, 2.75) is 11.8 Å². The molecule has 3 aromatic carbocycles. The van der Waals surface area contributed by atoms with Crippen molar-refractivity contribution >= 4 is 58.6 Å². The van der Waals surface area contributed by atoms with Crippen LogP contribution in [0.3, 0.4) is 0 Å². The molecule has 184 valence electrons. The fraction of sp³-hybridized carbons (Fsp3) is 0.0800. The Labute approximate surface area is 226 Å². The molecule has 11 heteroatoms. The number of thioether (sulfide) groups is 1. The molecule has 0 saturated carbocycles. The van der Waals surface area contributed by atoms with Gasteiger partial charge in [-0.1, -0.05) is 59.1 Å². The van der Waals surface area contributed by atoms with Crippen molar-refractivity contribution in [2.24, 2.45) is 0 Å². The van der Waals surface area contributed by atoms with E-state index in [0.29, 0.717) is 43.5 Å². The molecular weight excluding hydrogens is 545 g/mol. The second-order valence-electron chi connectivity index (χ2n) is 7.30. The lowest BCUT2D eigenvalue weighted by Gasteiger charge is -2.10. The van der Waals surface area contributed by atoms with Crippen molar-refractivity contribution in [3.63, 3.8) is 0 Å². The number of carbonyl (C=O) groups is 1. The van der Waals surface area contributed by atoms with Gasteiger partial charge in [-0.25, -0.2) is 9.78 Å². The molecule has 0 aliphatic rings. The molecule has 2 N–H and O–H groups in total. The maximum Gasteiger partial charge on any atom is 0.342 e. The van der Waals surface area contributed by atoms with Gasteiger partial charge in [0, 0.05) is 10.6 Å². The Morgan fingerprint density at radius 3 is 2.61 bits per heavy atom. The molecular formula is C25H18Cl3N3O4S. The summed E-state index contributed by atoms with van der Waals surface area (Å²) in [6, 6.07) is 17.4. The van der Waals surface area contributed by atoms with Gasteiger partial charge in [0.05, 0.1) is 22.7 Å². The number of carboxylic acid groups (broad SMARTS) is 1. The second kappa shape index (κ2) is 11.7. The molecule has 0 amide bonds. The maximum absolute atomic E-state index is 12.0. The summed E-state index contributed by atoms with van der Waals surface area (Å²) >= 11 is 19.1. The molecule has 7 nitrogen and oxygen atoms in total. The third kappa shape index (κ3) is 6.33. The van der Waals surface area contributed by atoms with Crippen LogP contribution in [-0.2, 0) is 11.4 Å². The van der Waals surface area contributed by atoms with E-state index in [1.165, 1.54) is 13.2 Å². The first-order chi connectivity index (χ1) is 17.3. The number of benzene rings is 3. The van der Waals surface area contributed by atoms with Crippen molar-refractivity contribution in [1.29, 1.82) is 0 Å². The molecule has 0 radical (unpaired) electrons. The maximum atomic E-state index is 12.0. The van der Waals surface area contributed by atoms with E-state index in [9.17, 15) is 9.90 Å². The number of hydrogen-bond acceptors (Lipinski definition) is 6. The van der Waals surface area contributed by atoms with Crippen molar-refractivity contribution in [3.8, 4) is 22.9 Å². The highest BCUT2D eigenvalue weighted by Crippen LogP contribution is 2.34. The third-order valence-corrected chi connectivity index (χ3v) is 6.73. The largest absolute Gasteiger partial charge is 0.496 e. The van der Waals surface area contributed by atoms with Crippen LogP contribution in [-0.4, -0.2) is 33.4 Å². The summed E-state index contributed by atoms with van der Waals surface area (Å²) in [6.07, 6.45) is 1.51. The first-order valence-electron chi connectivity index (χ1n) is 10.4. The lowest BCUT2D eigenvalue weighted by atomic mass is 10.2. The van der Waals surface area contributed by atoms with E-state index < -0.39 is 5.97 Å². The van der Waals surface area contributed by atoms with Gasteiger partial charge < -0.3 is 14.6 Å². The number of para-hydroxylation sites is 1. The minimum atomic E-state index is -1.13. The number of aromatic nitrogens is 3. The van der Waals surface area contributed by atoms with Gasteiger partial charge >= 0.3 is 5.97 Å². The molecule has 36 heavy (non-hydrogen) atoms. The molecule has 1 aromatic heterocycles. The van der Waals surface area contributed by atoms with Gasteiger partial charge in [-0.05, 0) is 59.8 Å². The monoisotopic (exact) mass is 561 g/mol. The molecule has 0 spiro atoms. The number of nitrogens with zero attached hydrogens (tertiary/aromatic N) is 2. The molecule has 0 unspecified atom stereocenters. The van der Waals surface area contributed by atoms with E-state index in [2.05, 4.69) is 15.2 Å². The number of H-pyrrole nitrogens is 1. The zero-order valence-electron chi connectivity index (χ0n) is 18.7. The van der Waals surface area contributed by atoms with Gasteiger partial charge in [0.1, 0.15) is 23.0 Å². The number of halogens is 3. The lowest BCUT2D eigenvalue weighted by molar-refractivity contribution is -0.131. The third-order valence-electron chi connectivity index (χ3n) is 4.88. The summed E-state index contributed by atoms with van der Waals surface area (Å²) in [4.78, 5) is 16.4. The van der Waals surface area contributed by atoms with E-state index in [1.807, 2.05) is 0 Å². The molecule has 0 aliphatic carbocycles. The van der Waals surface area contributed by atoms with E-state index in [4.69, 9.17) is 44.3 Å². The van der Waals surface area contributed by atoms with Gasteiger partial charge in [-0.3, -0.25) is 5.10 Å². The average molecular weight is 563 g/mol. The van der Waals surface area contributed by atoms with Crippen LogP contribution < -0.4 is 9.47 Å². The lowest BCUT2D eigenvalue weighted by Crippen LogP contribution is -2.00. The highest BCUT2D eigenvalue weighted by atomic mass is 35.5. The minimum Gasteiger partial charge on any atom is -0.496 e. The smallest absolute Gasteiger partial charge is 0.342 e. The molecule has 0 atom stereocenters. The van der Waals surface area contributed by atoms with E-state index in [-0.39, 0.29) is 16.7 Å². The van der Waals surface area contributed by atoms with E-state index in [1.54, 1.807) is 60.7 Å². The fourth-order valence-corrected chi connectivity index (χ4v) is 4.36. The van der Waals surface area contributed by atoms with Crippen LogP contribution in [0, 0.1) is 0 Å². The molecule has 0 aliphatic heterocycles. The van der Waals surface area contributed by atoms with Crippen LogP contribution in [0.5, 0.6) is 11.5 Å². The molecule has 4 rings (SSSR count). The zero-order chi connectivity index (χ0) is 25.7. The SMILES string of the molecule is COc1ccc(Cl)cc1-c1nc(S/C(=C\c2ccccc2OCc2ccc(Cl)c(Cl)c2)C(=O)O)n[nH]1. The fourth-order valence-electron chi connectivity index (χ4n) is 3.17. The van der Waals surface area contributed by atoms with Gasteiger partial charge in [-0.15, -0.1) is 5.10 Å². The zero-order valence-corrected chi connectivity index (χ0v) is 21.8. The summed E-state index contributed by atoms with van der Waals surface area (Å²) in [6.45, 7) is 0.225. The summed E-state index contributed by atoms with van der Waals surface area (Å²) in [5.41, 5.74) is 2.00. The summed E-state index contributed by atoms with van der Waals surface area (Å²) < 4.78 is 11.3. The minimum absolute atomic E-state index is 0.00389. The quantitative estimate of drug-likeness (QED) is 0.164.